The molecular weight excluding hydrogens is 158 g/mol. The average molecular weight is 175 g/mol. The number of hydrazine groups is 1. The molecule has 2 unspecified atom stereocenters. The standard InChI is InChI=1S/C5H11N3O2.C2H6/c1-3-2-4(8-7-3)5(9)10-6;1-2/h3-4,7-8H,2,6H2,1H3;1-2H3. The largest absolute Gasteiger partial charge is 0.372 e. The second kappa shape index (κ2) is 5.93. The fourth-order valence-electron chi connectivity index (χ4n) is 0.952. The predicted molar refractivity (Wildman–Crippen MR) is 45.8 cm³/mol. The van der Waals surface area contributed by atoms with Crippen molar-refractivity contribution in [2.45, 2.75) is 39.3 Å². The average Bonchev–Trinajstić information content (AvgIpc) is 2.54. The Labute approximate surface area is 72.6 Å². The van der Waals surface area contributed by atoms with E-state index in [0.29, 0.717) is 6.04 Å². The molecule has 0 spiro atoms. The van der Waals surface area contributed by atoms with Crippen LogP contribution in [0.5, 0.6) is 0 Å². The molecule has 4 N–H and O–H groups in total. The number of rotatable bonds is 1. The van der Waals surface area contributed by atoms with Crippen molar-refractivity contribution in [1.29, 1.82) is 0 Å². The van der Waals surface area contributed by atoms with Gasteiger partial charge in [0.15, 0.2) is 0 Å². The van der Waals surface area contributed by atoms with Crippen LogP contribution in [0.2, 0.25) is 0 Å². The summed E-state index contributed by atoms with van der Waals surface area (Å²) in [5.74, 6) is 4.26. The van der Waals surface area contributed by atoms with Crippen LogP contribution in [-0.4, -0.2) is 18.1 Å². The van der Waals surface area contributed by atoms with Crippen LogP contribution in [0.25, 0.3) is 0 Å². The van der Waals surface area contributed by atoms with E-state index >= 15 is 0 Å². The summed E-state index contributed by atoms with van der Waals surface area (Å²) in [7, 11) is 0. The molecule has 0 aromatic heterocycles. The molecule has 0 saturated carbocycles. The molecule has 1 rings (SSSR count). The molecule has 0 bridgehead atoms. The summed E-state index contributed by atoms with van der Waals surface area (Å²) in [6.45, 7) is 5.97. The van der Waals surface area contributed by atoms with Gasteiger partial charge in [-0.3, -0.25) is 5.43 Å². The Morgan fingerprint density at radius 3 is 2.42 bits per heavy atom. The number of carbonyl (C=O) groups is 1. The van der Waals surface area contributed by atoms with E-state index in [2.05, 4.69) is 21.6 Å². The van der Waals surface area contributed by atoms with Gasteiger partial charge in [-0.05, 0) is 13.3 Å². The van der Waals surface area contributed by atoms with E-state index in [4.69, 9.17) is 0 Å². The Morgan fingerprint density at radius 2 is 2.08 bits per heavy atom. The summed E-state index contributed by atoms with van der Waals surface area (Å²) in [6.07, 6.45) is 0.718. The summed E-state index contributed by atoms with van der Waals surface area (Å²) in [6, 6.07) is 0.00380. The third-order valence-electron chi connectivity index (χ3n) is 1.49. The van der Waals surface area contributed by atoms with Gasteiger partial charge in [0.2, 0.25) is 0 Å². The van der Waals surface area contributed by atoms with Crippen LogP contribution in [0.3, 0.4) is 0 Å². The van der Waals surface area contributed by atoms with Gasteiger partial charge in [0, 0.05) is 6.04 Å². The van der Waals surface area contributed by atoms with Crippen molar-refractivity contribution in [2.24, 2.45) is 5.90 Å². The molecule has 0 amide bonds. The summed E-state index contributed by atoms with van der Waals surface area (Å²) < 4.78 is 0. The summed E-state index contributed by atoms with van der Waals surface area (Å²) >= 11 is 0. The van der Waals surface area contributed by atoms with Gasteiger partial charge >= 0.3 is 5.97 Å². The molecule has 1 heterocycles. The second-order valence-corrected chi connectivity index (χ2v) is 2.41. The molecule has 5 heteroatoms. The van der Waals surface area contributed by atoms with Gasteiger partial charge in [-0.2, -0.15) is 5.90 Å². The summed E-state index contributed by atoms with van der Waals surface area (Å²) in [4.78, 5) is 14.8. The van der Waals surface area contributed by atoms with Crippen molar-refractivity contribution in [1.82, 2.24) is 10.9 Å². The predicted octanol–water partition coefficient (Wildman–Crippen LogP) is -0.315. The SMILES string of the molecule is CC.CC1CC(C(=O)ON)NN1. The van der Waals surface area contributed by atoms with E-state index in [1.165, 1.54) is 0 Å². The molecule has 1 aliphatic rings. The highest BCUT2D eigenvalue weighted by Gasteiger charge is 2.27. The highest BCUT2D eigenvalue weighted by molar-refractivity contribution is 5.75. The van der Waals surface area contributed by atoms with E-state index in [9.17, 15) is 4.79 Å². The van der Waals surface area contributed by atoms with Gasteiger partial charge in [0.05, 0.1) is 0 Å². The second-order valence-electron chi connectivity index (χ2n) is 2.41. The zero-order chi connectivity index (χ0) is 9.56. The fraction of sp³-hybridized carbons (Fsp3) is 0.857. The van der Waals surface area contributed by atoms with Gasteiger partial charge in [-0.25, -0.2) is 10.2 Å². The van der Waals surface area contributed by atoms with Crippen LogP contribution in [0.4, 0.5) is 0 Å². The Morgan fingerprint density at radius 1 is 1.50 bits per heavy atom. The first-order chi connectivity index (χ1) is 5.74. The Balaban J connectivity index is 0.000000561. The van der Waals surface area contributed by atoms with Crippen LogP contribution in [0.1, 0.15) is 27.2 Å². The third kappa shape index (κ3) is 3.17. The summed E-state index contributed by atoms with van der Waals surface area (Å²) in [5, 5.41) is 0. The maximum Gasteiger partial charge on any atom is 0.342 e. The third-order valence-corrected chi connectivity index (χ3v) is 1.49. The molecule has 12 heavy (non-hydrogen) atoms. The molecule has 0 radical (unpaired) electrons. The molecule has 0 aliphatic carbocycles. The van der Waals surface area contributed by atoms with E-state index in [0.717, 1.165) is 6.42 Å². The molecule has 5 nitrogen and oxygen atoms in total. The number of nitrogens with one attached hydrogen (secondary N) is 2. The lowest BCUT2D eigenvalue weighted by atomic mass is 10.1. The maximum atomic E-state index is 10.7. The monoisotopic (exact) mass is 175 g/mol. The van der Waals surface area contributed by atoms with Crippen molar-refractivity contribution >= 4 is 5.97 Å². The minimum Gasteiger partial charge on any atom is -0.372 e. The molecule has 1 saturated heterocycles. The van der Waals surface area contributed by atoms with Gasteiger partial charge in [0.1, 0.15) is 6.04 Å². The molecule has 1 fully saturated rings. The zero-order valence-electron chi connectivity index (χ0n) is 7.76. The number of nitrogens with two attached hydrogens (primary N) is 1. The summed E-state index contributed by atoms with van der Waals surface area (Å²) in [5.41, 5.74) is 5.63. The highest BCUT2D eigenvalue weighted by atomic mass is 16.7. The van der Waals surface area contributed by atoms with Gasteiger partial charge in [0.25, 0.3) is 0 Å². The fourth-order valence-corrected chi connectivity index (χ4v) is 0.952. The van der Waals surface area contributed by atoms with Crippen LogP contribution >= 0.6 is 0 Å². The van der Waals surface area contributed by atoms with Crippen LogP contribution < -0.4 is 16.7 Å². The van der Waals surface area contributed by atoms with Gasteiger partial charge < -0.3 is 4.84 Å². The van der Waals surface area contributed by atoms with E-state index in [1.807, 2.05) is 20.8 Å². The lowest BCUT2D eigenvalue weighted by Gasteiger charge is -2.03. The molecule has 0 aromatic carbocycles. The molecule has 72 valence electrons. The lowest BCUT2D eigenvalue weighted by molar-refractivity contribution is -0.146. The first-order valence-corrected chi connectivity index (χ1v) is 4.15. The topological polar surface area (TPSA) is 76.4 Å². The quantitative estimate of drug-likeness (QED) is 0.476. The maximum absolute atomic E-state index is 10.7. The van der Waals surface area contributed by atoms with Crippen molar-refractivity contribution in [3.8, 4) is 0 Å². The van der Waals surface area contributed by atoms with Gasteiger partial charge in [-0.1, -0.05) is 13.8 Å². The van der Waals surface area contributed by atoms with Crippen molar-refractivity contribution in [3.05, 3.63) is 0 Å². The van der Waals surface area contributed by atoms with Crippen molar-refractivity contribution in [2.75, 3.05) is 0 Å². The van der Waals surface area contributed by atoms with E-state index in [1.54, 1.807) is 0 Å². The Bertz CT molecular complexity index is 141. The van der Waals surface area contributed by atoms with Gasteiger partial charge in [-0.15, -0.1) is 0 Å². The van der Waals surface area contributed by atoms with Crippen molar-refractivity contribution in [3.63, 3.8) is 0 Å². The number of carbonyl (C=O) groups excluding carboxylic acids is 1. The first-order valence-electron chi connectivity index (χ1n) is 4.15. The molecule has 0 aromatic rings. The van der Waals surface area contributed by atoms with E-state index < -0.39 is 5.97 Å². The van der Waals surface area contributed by atoms with Crippen molar-refractivity contribution < 1.29 is 9.63 Å². The Kier molecular flexibility index (Phi) is 5.61. The molecule has 2 atom stereocenters. The number of hydrogen-bond donors (Lipinski definition) is 3. The Hall–Kier alpha value is -0.650. The zero-order valence-corrected chi connectivity index (χ0v) is 7.76. The van der Waals surface area contributed by atoms with E-state index in [-0.39, 0.29) is 6.04 Å². The number of hydrogen-bond acceptors (Lipinski definition) is 5. The van der Waals surface area contributed by atoms with Crippen LogP contribution in [-0.2, 0) is 9.63 Å². The minimum absolute atomic E-state index is 0.292. The van der Waals surface area contributed by atoms with Crippen LogP contribution in [0, 0.1) is 0 Å². The minimum atomic E-state index is -0.420. The normalized spacial score (nSPS) is 27.3. The highest BCUT2D eigenvalue weighted by Crippen LogP contribution is 2.03. The molecule has 1 aliphatic heterocycles. The van der Waals surface area contributed by atoms with Crippen LogP contribution in [0.15, 0.2) is 0 Å². The first kappa shape index (κ1) is 11.4. The lowest BCUT2D eigenvalue weighted by Crippen LogP contribution is -2.38. The smallest absolute Gasteiger partial charge is 0.342 e. The molecular formula is C7H17N3O2.